The molecule has 1 aromatic carbocycles. The third kappa shape index (κ3) is 6.00. The minimum absolute atomic E-state index is 0. The second-order valence-corrected chi connectivity index (χ2v) is 6.27. The highest BCUT2D eigenvalue weighted by Crippen LogP contribution is 2.15. The van der Waals surface area contributed by atoms with E-state index in [0.717, 1.165) is 48.8 Å². The fraction of sp³-hybridized carbons (Fsp3) is 0.500. The number of hydrogen-bond acceptors (Lipinski definition) is 3. The maximum atomic E-state index is 5.41. The highest BCUT2D eigenvalue weighted by molar-refractivity contribution is 14.0. The van der Waals surface area contributed by atoms with Crippen molar-refractivity contribution in [3.8, 4) is 0 Å². The summed E-state index contributed by atoms with van der Waals surface area (Å²) in [6.07, 6.45) is 2.70. The highest BCUT2D eigenvalue weighted by atomic mass is 127. The van der Waals surface area contributed by atoms with Gasteiger partial charge in [-0.2, -0.15) is 0 Å². The van der Waals surface area contributed by atoms with E-state index in [9.17, 15) is 0 Å². The van der Waals surface area contributed by atoms with Gasteiger partial charge < -0.3 is 15.2 Å². The van der Waals surface area contributed by atoms with Crippen LogP contribution in [0.1, 0.15) is 47.6 Å². The predicted octanol–water partition coefficient (Wildman–Crippen LogP) is 3.94. The largest absolute Gasteiger partial charge is 0.361 e. The highest BCUT2D eigenvalue weighted by Gasteiger charge is 2.13. The fourth-order valence-electron chi connectivity index (χ4n) is 2.97. The molecule has 1 aromatic heterocycles. The van der Waals surface area contributed by atoms with Gasteiger partial charge in [0.05, 0.1) is 5.69 Å². The molecule has 0 atom stereocenters. The Morgan fingerprint density at radius 1 is 1.15 bits per heavy atom. The molecule has 0 radical (unpaired) electrons. The van der Waals surface area contributed by atoms with E-state index < -0.39 is 0 Å². The van der Waals surface area contributed by atoms with Gasteiger partial charge in [-0.15, -0.1) is 24.0 Å². The molecule has 0 aliphatic heterocycles. The molecule has 2 rings (SSSR count). The summed E-state index contributed by atoms with van der Waals surface area (Å²) < 4.78 is 5.41. The first kappa shape index (κ1) is 22.5. The van der Waals surface area contributed by atoms with Crippen LogP contribution in [0.15, 0.2) is 27.7 Å². The van der Waals surface area contributed by atoms with Crippen LogP contribution in [0.2, 0.25) is 0 Å². The summed E-state index contributed by atoms with van der Waals surface area (Å²) in [7, 11) is 1.79. The number of nitrogens with one attached hydrogen (secondary N) is 2. The fourth-order valence-corrected chi connectivity index (χ4v) is 2.97. The Kier molecular flexibility index (Phi) is 9.69. The number of aliphatic imine (C=N–C) groups is 1. The standard InChI is InChI=1S/C20H30N4O.HI/c1-6-18-17(19(7-2)25-24-18)13-23-20(21-5)22-11-10-16-9-8-14(3)12-15(16)4;/h8-9,12H,6-7,10-11,13H2,1-5H3,(H2,21,22,23);1H. The molecule has 26 heavy (non-hydrogen) atoms. The molecule has 0 aliphatic carbocycles. The van der Waals surface area contributed by atoms with Gasteiger partial charge in [-0.3, -0.25) is 4.99 Å². The van der Waals surface area contributed by atoms with Gasteiger partial charge in [0.2, 0.25) is 0 Å². The molecule has 6 heteroatoms. The van der Waals surface area contributed by atoms with E-state index in [4.69, 9.17) is 4.52 Å². The van der Waals surface area contributed by atoms with E-state index >= 15 is 0 Å². The van der Waals surface area contributed by atoms with Crippen molar-refractivity contribution < 1.29 is 4.52 Å². The zero-order valence-electron chi connectivity index (χ0n) is 16.5. The van der Waals surface area contributed by atoms with Crippen LogP contribution in [-0.4, -0.2) is 24.7 Å². The number of aryl methyl sites for hydroxylation is 4. The lowest BCUT2D eigenvalue weighted by Crippen LogP contribution is -2.38. The zero-order valence-corrected chi connectivity index (χ0v) is 18.8. The van der Waals surface area contributed by atoms with Crippen LogP contribution in [0.25, 0.3) is 0 Å². The number of aromatic nitrogens is 1. The Labute approximate surface area is 174 Å². The van der Waals surface area contributed by atoms with E-state index in [-0.39, 0.29) is 24.0 Å². The Balaban J connectivity index is 0.00000338. The third-order valence-electron chi connectivity index (χ3n) is 4.45. The molecule has 144 valence electrons. The average molecular weight is 470 g/mol. The quantitative estimate of drug-likeness (QED) is 0.366. The molecule has 0 saturated carbocycles. The molecular formula is C20H31IN4O. The number of rotatable bonds is 7. The molecule has 0 spiro atoms. The van der Waals surface area contributed by atoms with Crippen molar-refractivity contribution in [2.24, 2.45) is 4.99 Å². The molecule has 0 amide bonds. The van der Waals surface area contributed by atoms with Gasteiger partial charge in [0.1, 0.15) is 5.76 Å². The monoisotopic (exact) mass is 470 g/mol. The van der Waals surface area contributed by atoms with Gasteiger partial charge >= 0.3 is 0 Å². The van der Waals surface area contributed by atoms with Crippen LogP contribution < -0.4 is 10.6 Å². The molecule has 5 nitrogen and oxygen atoms in total. The van der Waals surface area contributed by atoms with E-state index in [1.807, 2.05) is 0 Å². The summed E-state index contributed by atoms with van der Waals surface area (Å²) >= 11 is 0. The number of guanidine groups is 1. The SMILES string of the molecule is CCc1noc(CC)c1CNC(=NC)NCCc1ccc(C)cc1C.I. The summed E-state index contributed by atoms with van der Waals surface area (Å²) in [6, 6.07) is 6.60. The van der Waals surface area contributed by atoms with Gasteiger partial charge in [-0.25, -0.2) is 0 Å². The number of hydrogen-bond donors (Lipinski definition) is 2. The predicted molar refractivity (Wildman–Crippen MR) is 118 cm³/mol. The summed E-state index contributed by atoms with van der Waals surface area (Å²) in [6.45, 7) is 9.99. The van der Waals surface area contributed by atoms with Crippen LogP contribution in [0.4, 0.5) is 0 Å². The van der Waals surface area contributed by atoms with Crippen LogP contribution in [0.3, 0.4) is 0 Å². The Morgan fingerprint density at radius 3 is 2.54 bits per heavy atom. The van der Waals surface area contributed by atoms with Crippen LogP contribution in [0, 0.1) is 13.8 Å². The van der Waals surface area contributed by atoms with Crippen molar-refractivity contribution in [2.75, 3.05) is 13.6 Å². The molecule has 0 fully saturated rings. The van der Waals surface area contributed by atoms with Gasteiger partial charge in [0, 0.05) is 32.1 Å². The first-order valence-electron chi connectivity index (χ1n) is 9.05. The van der Waals surface area contributed by atoms with Crippen LogP contribution in [-0.2, 0) is 25.8 Å². The summed E-state index contributed by atoms with van der Waals surface area (Å²) in [4.78, 5) is 4.31. The van der Waals surface area contributed by atoms with Crippen molar-refractivity contribution in [2.45, 2.75) is 53.5 Å². The lowest BCUT2D eigenvalue weighted by Gasteiger charge is -2.13. The summed E-state index contributed by atoms with van der Waals surface area (Å²) in [5.74, 6) is 1.75. The van der Waals surface area contributed by atoms with Crippen molar-refractivity contribution >= 4 is 29.9 Å². The first-order valence-corrected chi connectivity index (χ1v) is 9.05. The smallest absolute Gasteiger partial charge is 0.191 e. The molecule has 2 N–H and O–H groups in total. The van der Waals surface area contributed by atoms with Crippen molar-refractivity contribution in [3.05, 3.63) is 51.9 Å². The molecule has 1 heterocycles. The van der Waals surface area contributed by atoms with Crippen LogP contribution in [0.5, 0.6) is 0 Å². The van der Waals surface area contributed by atoms with E-state index in [1.165, 1.54) is 16.7 Å². The normalized spacial score (nSPS) is 11.2. The third-order valence-corrected chi connectivity index (χ3v) is 4.45. The number of nitrogens with zero attached hydrogens (tertiary/aromatic N) is 2. The van der Waals surface area contributed by atoms with E-state index in [2.05, 4.69) is 66.7 Å². The average Bonchev–Trinajstić information content (AvgIpc) is 3.01. The molecule has 2 aromatic rings. The zero-order chi connectivity index (χ0) is 18.2. The molecule has 0 unspecified atom stereocenters. The minimum atomic E-state index is 0. The van der Waals surface area contributed by atoms with Crippen molar-refractivity contribution in [1.29, 1.82) is 0 Å². The lowest BCUT2D eigenvalue weighted by atomic mass is 10.0. The maximum absolute atomic E-state index is 5.41. The van der Waals surface area contributed by atoms with E-state index in [0.29, 0.717) is 6.54 Å². The molecule has 0 saturated heterocycles. The minimum Gasteiger partial charge on any atom is -0.361 e. The maximum Gasteiger partial charge on any atom is 0.191 e. The summed E-state index contributed by atoms with van der Waals surface area (Å²) in [5, 5.41) is 10.9. The van der Waals surface area contributed by atoms with Gasteiger partial charge in [-0.05, 0) is 37.8 Å². The topological polar surface area (TPSA) is 62.5 Å². The summed E-state index contributed by atoms with van der Waals surface area (Å²) in [5.41, 5.74) is 6.19. The Hall–Kier alpha value is -1.57. The second-order valence-electron chi connectivity index (χ2n) is 6.27. The number of halogens is 1. The Morgan fingerprint density at radius 2 is 1.92 bits per heavy atom. The van der Waals surface area contributed by atoms with Crippen molar-refractivity contribution in [1.82, 2.24) is 15.8 Å². The van der Waals surface area contributed by atoms with E-state index in [1.54, 1.807) is 7.05 Å². The molecular weight excluding hydrogens is 439 g/mol. The Bertz CT molecular complexity index is 703. The molecule has 0 aliphatic rings. The van der Waals surface area contributed by atoms with Crippen molar-refractivity contribution in [3.63, 3.8) is 0 Å². The second kappa shape index (κ2) is 11.2. The lowest BCUT2D eigenvalue weighted by molar-refractivity contribution is 0.380. The molecule has 0 bridgehead atoms. The van der Waals surface area contributed by atoms with Crippen LogP contribution >= 0.6 is 24.0 Å². The first-order chi connectivity index (χ1) is 12.1. The van der Waals surface area contributed by atoms with Gasteiger partial charge in [0.25, 0.3) is 0 Å². The van der Waals surface area contributed by atoms with Gasteiger partial charge in [0.15, 0.2) is 5.96 Å². The number of benzene rings is 1. The van der Waals surface area contributed by atoms with Gasteiger partial charge in [-0.1, -0.05) is 42.8 Å².